The highest BCUT2D eigenvalue weighted by molar-refractivity contribution is 5.75. The molecular formula is C32H65NO2. The summed E-state index contributed by atoms with van der Waals surface area (Å²) >= 11 is 0. The van der Waals surface area contributed by atoms with Crippen LogP contribution in [0.3, 0.4) is 0 Å². The van der Waals surface area contributed by atoms with Gasteiger partial charge in [0.2, 0.25) is 5.91 Å². The van der Waals surface area contributed by atoms with Crippen molar-refractivity contribution >= 4 is 5.91 Å². The van der Waals surface area contributed by atoms with E-state index >= 15 is 0 Å². The number of amides is 1. The van der Waals surface area contributed by atoms with Crippen LogP contribution in [0.4, 0.5) is 0 Å². The van der Waals surface area contributed by atoms with E-state index in [0.29, 0.717) is 6.61 Å². The molecule has 0 saturated carbocycles. The molecule has 210 valence electrons. The van der Waals surface area contributed by atoms with Gasteiger partial charge in [-0.1, -0.05) is 155 Å². The maximum atomic E-state index is 12.0. The Labute approximate surface area is 221 Å². The molecular weight excluding hydrogens is 430 g/mol. The van der Waals surface area contributed by atoms with Crippen LogP contribution in [-0.4, -0.2) is 24.2 Å². The smallest absolute Gasteiger partial charge is 0.219 e. The molecule has 0 rings (SSSR count). The fourth-order valence-electron chi connectivity index (χ4n) is 5.16. The van der Waals surface area contributed by atoms with Gasteiger partial charge < -0.3 is 10.4 Å². The fraction of sp³-hybridized carbons (Fsp3) is 0.969. The molecule has 0 aromatic rings. The average Bonchev–Trinajstić information content (AvgIpc) is 2.87. The van der Waals surface area contributed by atoms with Crippen molar-refractivity contribution in [2.24, 2.45) is 5.92 Å². The molecule has 0 radical (unpaired) electrons. The van der Waals surface area contributed by atoms with Gasteiger partial charge in [0, 0.05) is 19.6 Å². The van der Waals surface area contributed by atoms with Crippen molar-refractivity contribution in [2.45, 2.75) is 181 Å². The third-order valence-corrected chi connectivity index (χ3v) is 7.72. The zero-order valence-electron chi connectivity index (χ0n) is 24.2. The molecule has 0 heterocycles. The van der Waals surface area contributed by atoms with E-state index in [-0.39, 0.29) is 5.91 Å². The highest BCUT2D eigenvalue weighted by Gasteiger charge is 2.06. The molecule has 1 unspecified atom stereocenters. The summed E-state index contributed by atoms with van der Waals surface area (Å²) < 4.78 is 0. The Morgan fingerprint density at radius 3 is 1.49 bits per heavy atom. The van der Waals surface area contributed by atoms with Crippen LogP contribution in [0.1, 0.15) is 181 Å². The summed E-state index contributed by atoms with van der Waals surface area (Å²) in [6.07, 6.45) is 33.5. The van der Waals surface area contributed by atoms with Crippen molar-refractivity contribution in [1.29, 1.82) is 0 Å². The second-order valence-electron chi connectivity index (χ2n) is 11.1. The number of carbonyl (C=O) groups excluding carboxylic acids is 1. The van der Waals surface area contributed by atoms with Gasteiger partial charge in [0.1, 0.15) is 0 Å². The Morgan fingerprint density at radius 1 is 0.571 bits per heavy atom. The van der Waals surface area contributed by atoms with Gasteiger partial charge in [-0.05, 0) is 25.2 Å². The molecule has 3 heteroatoms. The van der Waals surface area contributed by atoms with Gasteiger partial charge in [0.25, 0.3) is 0 Å². The largest absolute Gasteiger partial charge is 0.396 e. The first-order chi connectivity index (χ1) is 17.2. The minimum atomic E-state index is 0.265. The monoisotopic (exact) mass is 496 g/mol. The summed E-state index contributed by atoms with van der Waals surface area (Å²) in [5.74, 6) is 1.16. The van der Waals surface area contributed by atoms with Crippen LogP contribution in [0.15, 0.2) is 0 Å². The summed E-state index contributed by atoms with van der Waals surface area (Å²) in [4.78, 5) is 12.0. The van der Waals surface area contributed by atoms with Crippen molar-refractivity contribution in [3.63, 3.8) is 0 Å². The third-order valence-electron chi connectivity index (χ3n) is 7.72. The van der Waals surface area contributed by atoms with E-state index in [9.17, 15) is 4.79 Å². The third kappa shape index (κ3) is 27.9. The van der Waals surface area contributed by atoms with E-state index in [2.05, 4.69) is 19.2 Å². The van der Waals surface area contributed by atoms with E-state index in [1.807, 2.05) is 0 Å². The predicted molar refractivity (Wildman–Crippen MR) is 155 cm³/mol. The lowest BCUT2D eigenvalue weighted by Crippen LogP contribution is -2.23. The topological polar surface area (TPSA) is 49.3 Å². The van der Waals surface area contributed by atoms with Gasteiger partial charge in [-0.15, -0.1) is 0 Å². The number of nitrogens with one attached hydrogen (secondary N) is 1. The van der Waals surface area contributed by atoms with Gasteiger partial charge in [-0.25, -0.2) is 0 Å². The number of rotatable bonds is 29. The van der Waals surface area contributed by atoms with Crippen molar-refractivity contribution in [3.8, 4) is 0 Å². The van der Waals surface area contributed by atoms with Gasteiger partial charge in [-0.2, -0.15) is 0 Å². The van der Waals surface area contributed by atoms with Gasteiger partial charge in [-0.3, -0.25) is 4.79 Å². The first-order valence-electron chi connectivity index (χ1n) is 16.1. The molecule has 1 atom stereocenters. The quantitative estimate of drug-likeness (QED) is 0.101. The van der Waals surface area contributed by atoms with Crippen LogP contribution >= 0.6 is 0 Å². The molecule has 0 aromatic carbocycles. The van der Waals surface area contributed by atoms with Crippen LogP contribution in [0, 0.1) is 5.92 Å². The molecule has 0 aliphatic heterocycles. The molecule has 0 saturated heterocycles. The number of hydrogen-bond acceptors (Lipinski definition) is 2. The molecule has 3 nitrogen and oxygen atoms in total. The molecule has 0 aliphatic rings. The second-order valence-corrected chi connectivity index (χ2v) is 11.1. The molecule has 0 fully saturated rings. The molecule has 2 N–H and O–H groups in total. The van der Waals surface area contributed by atoms with Crippen molar-refractivity contribution < 1.29 is 9.90 Å². The van der Waals surface area contributed by atoms with E-state index < -0.39 is 0 Å². The maximum Gasteiger partial charge on any atom is 0.219 e. The summed E-state index contributed by atoms with van der Waals surface area (Å²) in [5.41, 5.74) is 0. The Balaban J connectivity index is 3.37. The van der Waals surface area contributed by atoms with Crippen LogP contribution in [0.2, 0.25) is 0 Å². The summed E-state index contributed by atoms with van der Waals surface area (Å²) in [6.45, 7) is 5.85. The van der Waals surface area contributed by atoms with Crippen LogP contribution in [-0.2, 0) is 4.79 Å². The highest BCUT2D eigenvalue weighted by atomic mass is 16.2. The zero-order valence-corrected chi connectivity index (χ0v) is 24.2. The molecule has 0 aliphatic carbocycles. The number of unbranched alkanes of at least 4 members (excludes halogenated alkanes) is 19. The van der Waals surface area contributed by atoms with Gasteiger partial charge in [0.05, 0.1) is 0 Å². The second kappa shape index (κ2) is 29.7. The molecule has 0 spiro atoms. The van der Waals surface area contributed by atoms with Gasteiger partial charge in [0.15, 0.2) is 0 Å². The fourth-order valence-corrected chi connectivity index (χ4v) is 5.16. The lowest BCUT2D eigenvalue weighted by atomic mass is 9.92. The summed E-state index contributed by atoms with van der Waals surface area (Å²) in [6, 6.07) is 0. The zero-order chi connectivity index (χ0) is 25.7. The van der Waals surface area contributed by atoms with Crippen molar-refractivity contribution in [1.82, 2.24) is 5.32 Å². The summed E-state index contributed by atoms with van der Waals surface area (Å²) in [7, 11) is 0. The number of aliphatic hydroxyl groups excluding tert-OH is 1. The lowest BCUT2D eigenvalue weighted by molar-refractivity contribution is -0.121. The standard InChI is InChI=1S/C32H65NO2/c1-3-5-6-7-8-9-10-11-15-18-23-28-32(35)33-29-24-20-22-27-31(4-2)26-21-17-14-12-13-16-19-25-30-34/h31,34H,3-30H2,1-2H3,(H,33,35). The maximum absolute atomic E-state index is 12.0. The Morgan fingerprint density at radius 2 is 1.00 bits per heavy atom. The van der Waals surface area contributed by atoms with Crippen LogP contribution < -0.4 is 5.32 Å². The van der Waals surface area contributed by atoms with Gasteiger partial charge >= 0.3 is 0 Å². The van der Waals surface area contributed by atoms with Crippen LogP contribution in [0.25, 0.3) is 0 Å². The Kier molecular flexibility index (Phi) is 29.2. The van der Waals surface area contributed by atoms with E-state index in [1.54, 1.807) is 0 Å². The molecule has 35 heavy (non-hydrogen) atoms. The number of carbonyl (C=O) groups is 1. The first kappa shape index (κ1) is 34.4. The molecule has 0 bridgehead atoms. The van der Waals surface area contributed by atoms with Crippen molar-refractivity contribution in [3.05, 3.63) is 0 Å². The highest BCUT2D eigenvalue weighted by Crippen LogP contribution is 2.21. The predicted octanol–water partition coefficient (Wildman–Crippen LogP) is 9.89. The van der Waals surface area contributed by atoms with E-state index in [0.717, 1.165) is 38.1 Å². The normalized spacial score (nSPS) is 12.2. The Hall–Kier alpha value is -0.570. The minimum absolute atomic E-state index is 0.265. The number of aliphatic hydroxyl groups is 1. The minimum Gasteiger partial charge on any atom is -0.396 e. The Bertz CT molecular complexity index is 412. The molecule has 0 aromatic heterocycles. The SMILES string of the molecule is CCCCCCCCCCCCCC(=O)NCCCCCC(CC)CCCCCCCCCCO. The molecule has 1 amide bonds. The van der Waals surface area contributed by atoms with Crippen molar-refractivity contribution in [2.75, 3.05) is 13.2 Å². The number of hydrogen-bond donors (Lipinski definition) is 2. The van der Waals surface area contributed by atoms with E-state index in [1.165, 1.54) is 141 Å². The summed E-state index contributed by atoms with van der Waals surface area (Å²) in [5, 5.41) is 11.9. The van der Waals surface area contributed by atoms with Crippen LogP contribution in [0.5, 0.6) is 0 Å². The average molecular weight is 496 g/mol. The first-order valence-corrected chi connectivity index (χ1v) is 16.1. The van der Waals surface area contributed by atoms with E-state index in [4.69, 9.17) is 5.11 Å². The lowest BCUT2D eigenvalue weighted by Gasteiger charge is -2.14.